The number of aliphatic hydroxyl groups excluding tert-OH is 1. The zero-order chi connectivity index (χ0) is 12.3. The Kier molecular flexibility index (Phi) is 1.71. The number of hydrogen-bond acceptors (Lipinski definition) is 2. The van der Waals surface area contributed by atoms with Crippen molar-refractivity contribution in [3.05, 3.63) is 12.2 Å². The summed E-state index contributed by atoms with van der Waals surface area (Å²) in [6.45, 7) is 0.418. The minimum atomic E-state index is 0.418. The smallest absolute Gasteiger partial charge is 0.0651 e. The second kappa shape index (κ2) is 3.12. The largest absolute Gasteiger partial charge is 0.396 e. The van der Waals surface area contributed by atoms with Crippen LogP contribution < -0.4 is 0 Å². The van der Waals surface area contributed by atoms with Crippen LogP contribution in [-0.2, 0) is 4.74 Å². The van der Waals surface area contributed by atoms with Crippen LogP contribution in [0.25, 0.3) is 0 Å². The van der Waals surface area contributed by atoms with Gasteiger partial charge in [-0.3, -0.25) is 0 Å². The fourth-order valence-electron chi connectivity index (χ4n) is 7.63. The van der Waals surface area contributed by atoms with Gasteiger partial charge in [-0.05, 0) is 72.5 Å². The molecule has 0 aromatic heterocycles. The molecule has 2 nitrogen and oxygen atoms in total. The predicted molar refractivity (Wildman–Crippen MR) is 70.1 cm³/mol. The summed E-state index contributed by atoms with van der Waals surface area (Å²) in [4.78, 5) is 0. The molecule has 0 amide bonds. The van der Waals surface area contributed by atoms with Crippen molar-refractivity contribution in [2.24, 2.45) is 53.3 Å². The van der Waals surface area contributed by atoms with Crippen molar-refractivity contribution in [2.75, 3.05) is 6.61 Å². The molecule has 6 aliphatic rings. The molecule has 0 spiro atoms. The molecule has 0 aromatic rings. The number of rotatable bonds is 1. The number of hydrogen-bond donors (Lipinski definition) is 1. The third-order valence-electron chi connectivity index (χ3n) is 7.92. The predicted octanol–water partition coefficient (Wildman–Crippen LogP) is 2.09. The highest BCUT2D eigenvalue weighted by molar-refractivity contribution is 5.25. The van der Waals surface area contributed by atoms with Crippen molar-refractivity contribution in [1.82, 2.24) is 0 Å². The van der Waals surface area contributed by atoms with Gasteiger partial charge in [-0.15, -0.1) is 0 Å². The maximum Gasteiger partial charge on any atom is 0.0651 e. The van der Waals surface area contributed by atoms with Crippen LogP contribution in [0.2, 0.25) is 0 Å². The molecule has 6 bridgehead atoms. The Labute approximate surface area is 114 Å². The molecule has 2 aliphatic heterocycles. The van der Waals surface area contributed by atoms with Gasteiger partial charge in [-0.25, -0.2) is 0 Å². The summed E-state index contributed by atoms with van der Waals surface area (Å²) in [7, 11) is 0. The second-order valence-corrected chi connectivity index (χ2v) is 8.16. The van der Waals surface area contributed by atoms with E-state index in [0.717, 1.165) is 47.3 Å². The molecular formula is C17H22O2. The summed E-state index contributed by atoms with van der Waals surface area (Å²) in [5.74, 6) is 7.35. The lowest BCUT2D eigenvalue weighted by Gasteiger charge is -2.42. The van der Waals surface area contributed by atoms with Crippen LogP contribution in [0.5, 0.6) is 0 Å². The molecule has 2 heteroatoms. The van der Waals surface area contributed by atoms with Crippen LogP contribution in [0, 0.1) is 53.3 Å². The van der Waals surface area contributed by atoms with Crippen LogP contribution >= 0.6 is 0 Å². The zero-order valence-corrected chi connectivity index (χ0v) is 11.2. The van der Waals surface area contributed by atoms with Gasteiger partial charge in [0.1, 0.15) is 0 Å². The Bertz CT molecular complexity index is 472. The van der Waals surface area contributed by atoms with E-state index in [1.165, 1.54) is 19.3 Å². The molecule has 0 aromatic carbocycles. The van der Waals surface area contributed by atoms with E-state index in [0.29, 0.717) is 24.7 Å². The van der Waals surface area contributed by atoms with Crippen LogP contribution in [0.1, 0.15) is 19.3 Å². The van der Waals surface area contributed by atoms with E-state index in [2.05, 4.69) is 12.2 Å². The van der Waals surface area contributed by atoms with Crippen molar-refractivity contribution < 1.29 is 9.84 Å². The van der Waals surface area contributed by atoms with Gasteiger partial charge in [0.2, 0.25) is 0 Å². The minimum absolute atomic E-state index is 0.418. The summed E-state index contributed by atoms with van der Waals surface area (Å²) in [6.07, 6.45) is 10.2. The molecule has 5 fully saturated rings. The SMILES string of the molecule is OCC1CC2CC1C1C3OC(C4C5C=CC(C5)C34)C21. The second-order valence-electron chi connectivity index (χ2n) is 8.16. The van der Waals surface area contributed by atoms with Gasteiger partial charge >= 0.3 is 0 Å². The highest BCUT2D eigenvalue weighted by atomic mass is 16.5. The fourth-order valence-corrected chi connectivity index (χ4v) is 7.63. The van der Waals surface area contributed by atoms with E-state index in [1.807, 2.05) is 0 Å². The van der Waals surface area contributed by atoms with Gasteiger partial charge < -0.3 is 9.84 Å². The van der Waals surface area contributed by atoms with Crippen LogP contribution in [0.4, 0.5) is 0 Å². The number of fused-ring (bicyclic) bond motifs is 16. The van der Waals surface area contributed by atoms with Gasteiger partial charge in [0, 0.05) is 6.61 Å². The molecule has 4 aliphatic carbocycles. The Morgan fingerprint density at radius 2 is 1.63 bits per heavy atom. The first kappa shape index (κ1) is 10.4. The third-order valence-corrected chi connectivity index (χ3v) is 7.92. The topological polar surface area (TPSA) is 29.5 Å². The lowest BCUT2D eigenvalue weighted by Crippen LogP contribution is -2.46. The Hall–Kier alpha value is -0.340. The average molecular weight is 258 g/mol. The minimum Gasteiger partial charge on any atom is -0.396 e. The van der Waals surface area contributed by atoms with E-state index in [1.54, 1.807) is 0 Å². The summed E-state index contributed by atoms with van der Waals surface area (Å²) in [5.41, 5.74) is 0. The molecular weight excluding hydrogens is 236 g/mol. The zero-order valence-electron chi connectivity index (χ0n) is 11.2. The van der Waals surface area contributed by atoms with Crippen molar-refractivity contribution in [2.45, 2.75) is 31.5 Å². The van der Waals surface area contributed by atoms with Crippen molar-refractivity contribution in [3.8, 4) is 0 Å². The van der Waals surface area contributed by atoms with Gasteiger partial charge in [-0.2, -0.15) is 0 Å². The highest BCUT2D eigenvalue weighted by Crippen LogP contribution is 2.71. The molecule has 3 saturated carbocycles. The molecule has 11 unspecified atom stereocenters. The quantitative estimate of drug-likeness (QED) is 0.730. The van der Waals surface area contributed by atoms with Gasteiger partial charge in [0.25, 0.3) is 0 Å². The average Bonchev–Trinajstić information content (AvgIpc) is 3.20. The molecule has 2 heterocycles. The van der Waals surface area contributed by atoms with E-state index in [-0.39, 0.29) is 0 Å². The van der Waals surface area contributed by atoms with Crippen molar-refractivity contribution in [3.63, 3.8) is 0 Å². The van der Waals surface area contributed by atoms with Gasteiger partial charge in [0.05, 0.1) is 12.2 Å². The van der Waals surface area contributed by atoms with E-state index < -0.39 is 0 Å². The lowest BCUT2D eigenvalue weighted by atomic mass is 9.59. The Morgan fingerprint density at radius 3 is 2.37 bits per heavy atom. The maximum absolute atomic E-state index is 9.62. The van der Waals surface area contributed by atoms with Crippen LogP contribution in [0.3, 0.4) is 0 Å². The van der Waals surface area contributed by atoms with Gasteiger partial charge in [-0.1, -0.05) is 12.2 Å². The normalized spacial score (nSPS) is 70.1. The highest BCUT2D eigenvalue weighted by Gasteiger charge is 2.72. The third kappa shape index (κ3) is 0.975. The van der Waals surface area contributed by atoms with E-state index in [9.17, 15) is 5.11 Å². The Morgan fingerprint density at radius 1 is 0.895 bits per heavy atom. The standard InChI is InChI=1S/C17H22O2/c18-6-10-4-9-5-11(10)15-14(9)16-12-7-1-2-8(3-7)13(12)17(15)19-16/h1-2,7-18H,3-6H2. The lowest BCUT2D eigenvalue weighted by molar-refractivity contribution is 0.0406. The summed E-state index contributed by atoms with van der Waals surface area (Å²) in [6, 6.07) is 0. The summed E-state index contributed by atoms with van der Waals surface area (Å²) in [5, 5.41) is 9.62. The monoisotopic (exact) mass is 258 g/mol. The van der Waals surface area contributed by atoms with Crippen molar-refractivity contribution >= 4 is 0 Å². The first-order valence-corrected chi connectivity index (χ1v) is 8.31. The number of ether oxygens (including phenoxy) is 1. The molecule has 1 N–H and O–H groups in total. The first-order valence-electron chi connectivity index (χ1n) is 8.31. The molecule has 6 rings (SSSR count). The summed E-state index contributed by atoms with van der Waals surface area (Å²) >= 11 is 0. The fraction of sp³-hybridized carbons (Fsp3) is 0.882. The molecule has 2 saturated heterocycles. The number of aliphatic hydroxyl groups is 1. The Balaban J connectivity index is 1.42. The maximum atomic E-state index is 9.62. The summed E-state index contributed by atoms with van der Waals surface area (Å²) < 4.78 is 6.54. The van der Waals surface area contributed by atoms with E-state index >= 15 is 0 Å². The van der Waals surface area contributed by atoms with Crippen molar-refractivity contribution in [1.29, 1.82) is 0 Å². The van der Waals surface area contributed by atoms with Crippen LogP contribution in [-0.4, -0.2) is 23.9 Å². The molecule has 11 atom stereocenters. The number of allylic oxidation sites excluding steroid dienone is 2. The van der Waals surface area contributed by atoms with E-state index in [4.69, 9.17) is 4.74 Å². The van der Waals surface area contributed by atoms with Crippen LogP contribution in [0.15, 0.2) is 12.2 Å². The molecule has 19 heavy (non-hydrogen) atoms. The first-order chi connectivity index (χ1) is 9.36. The molecule has 0 radical (unpaired) electrons. The van der Waals surface area contributed by atoms with Gasteiger partial charge in [0.15, 0.2) is 0 Å². The molecule has 102 valence electrons.